The molecule has 1 unspecified atom stereocenters. The monoisotopic (exact) mass is 351 g/mol. The van der Waals surface area contributed by atoms with Gasteiger partial charge in [-0.25, -0.2) is 9.98 Å². The predicted molar refractivity (Wildman–Crippen MR) is 89.8 cm³/mol. The standard InChI is InChI=1S/C16H25N5O4/c17-16(9-4-2-1-3-5-9)13-14(18-7-20-16)21(8-19-13)15-12(24)11(23)10(6-22)25-15/h7-12,15,22-24H,1-6,17H2,(H,18,20)/t10-,11-,12-,15-,16?/m1/s1. The summed E-state index contributed by atoms with van der Waals surface area (Å²) in [6.07, 6.45) is 4.60. The predicted octanol–water partition coefficient (Wildman–Crippen LogP) is -0.360. The number of aromatic nitrogens is 2. The van der Waals surface area contributed by atoms with E-state index in [2.05, 4.69) is 15.3 Å². The summed E-state index contributed by atoms with van der Waals surface area (Å²) in [5, 5.41) is 32.6. The number of ether oxygens (including phenoxy) is 1. The fourth-order valence-corrected chi connectivity index (χ4v) is 4.20. The molecule has 9 heteroatoms. The molecule has 138 valence electrons. The maximum Gasteiger partial charge on any atom is 0.165 e. The summed E-state index contributed by atoms with van der Waals surface area (Å²) in [6.45, 7) is -0.372. The summed E-state index contributed by atoms with van der Waals surface area (Å²) >= 11 is 0. The number of aliphatic hydroxyl groups is 3. The van der Waals surface area contributed by atoms with Crippen molar-refractivity contribution in [3.05, 3.63) is 12.0 Å². The minimum Gasteiger partial charge on any atom is -0.394 e. The smallest absolute Gasteiger partial charge is 0.165 e. The van der Waals surface area contributed by atoms with Crippen molar-refractivity contribution in [2.45, 2.75) is 62.3 Å². The van der Waals surface area contributed by atoms with Crippen molar-refractivity contribution in [2.75, 3.05) is 11.9 Å². The second-order valence-electron chi connectivity index (χ2n) is 7.14. The summed E-state index contributed by atoms with van der Waals surface area (Å²) in [4.78, 5) is 8.97. The van der Waals surface area contributed by atoms with Gasteiger partial charge in [-0.15, -0.1) is 0 Å². The average molecular weight is 351 g/mol. The molecule has 1 saturated carbocycles. The van der Waals surface area contributed by atoms with Gasteiger partial charge in [-0.2, -0.15) is 0 Å². The normalized spacial score (nSPS) is 38.6. The second-order valence-corrected chi connectivity index (χ2v) is 7.14. The third-order valence-electron chi connectivity index (χ3n) is 5.67. The van der Waals surface area contributed by atoms with E-state index in [1.165, 1.54) is 12.7 Å². The van der Waals surface area contributed by atoms with Crippen LogP contribution in [0.25, 0.3) is 0 Å². The first-order chi connectivity index (χ1) is 12.1. The molecule has 1 saturated heterocycles. The van der Waals surface area contributed by atoms with Gasteiger partial charge in [-0.3, -0.25) is 4.57 Å². The largest absolute Gasteiger partial charge is 0.394 e. The molecule has 1 aliphatic carbocycles. The van der Waals surface area contributed by atoms with Crippen molar-refractivity contribution in [1.82, 2.24) is 9.55 Å². The molecule has 3 aliphatic rings. The second kappa shape index (κ2) is 6.33. The van der Waals surface area contributed by atoms with Crippen molar-refractivity contribution >= 4 is 12.2 Å². The van der Waals surface area contributed by atoms with Gasteiger partial charge in [0.15, 0.2) is 11.9 Å². The number of hydrogen-bond donors (Lipinski definition) is 5. The highest BCUT2D eigenvalue weighted by atomic mass is 16.6. The fourth-order valence-electron chi connectivity index (χ4n) is 4.20. The van der Waals surface area contributed by atoms with Crippen LogP contribution in [0.15, 0.2) is 11.3 Å². The third-order valence-corrected chi connectivity index (χ3v) is 5.67. The lowest BCUT2D eigenvalue weighted by Crippen LogP contribution is -2.46. The number of hydrogen-bond acceptors (Lipinski definition) is 8. The molecule has 2 aliphatic heterocycles. The van der Waals surface area contributed by atoms with Gasteiger partial charge in [0.2, 0.25) is 0 Å². The SMILES string of the molecule is NC1(C2CCCCC2)N=CNc2c1ncn2[C@@H]1O[C@H](CO)[C@@H](O)[C@H]1O. The number of anilines is 1. The Labute approximate surface area is 145 Å². The van der Waals surface area contributed by atoms with Crippen LogP contribution in [0.2, 0.25) is 0 Å². The van der Waals surface area contributed by atoms with Gasteiger partial charge < -0.3 is 31.1 Å². The summed E-state index contributed by atoms with van der Waals surface area (Å²) < 4.78 is 7.23. The first-order valence-corrected chi connectivity index (χ1v) is 8.85. The van der Waals surface area contributed by atoms with E-state index in [9.17, 15) is 15.3 Å². The number of rotatable bonds is 3. The Bertz CT molecular complexity index is 659. The molecule has 1 aromatic heterocycles. The van der Waals surface area contributed by atoms with Gasteiger partial charge in [0.1, 0.15) is 29.8 Å². The lowest BCUT2D eigenvalue weighted by molar-refractivity contribution is -0.0518. The molecular formula is C16H25N5O4. The van der Waals surface area contributed by atoms with Crippen molar-refractivity contribution in [1.29, 1.82) is 0 Å². The number of aliphatic imine (C=N–C) groups is 1. The Morgan fingerprint density at radius 3 is 2.72 bits per heavy atom. The molecular weight excluding hydrogens is 326 g/mol. The molecule has 0 bridgehead atoms. The summed E-state index contributed by atoms with van der Waals surface area (Å²) in [6, 6.07) is 0. The number of nitrogens with two attached hydrogens (primary N) is 1. The van der Waals surface area contributed by atoms with Crippen LogP contribution in [0.5, 0.6) is 0 Å². The Kier molecular flexibility index (Phi) is 4.28. The van der Waals surface area contributed by atoms with E-state index >= 15 is 0 Å². The lowest BCUT2D eigenvalue weighted by atomic mass is 9.78. The van der Waals surface area contributed by atoms with Crippen LogP contribution in [0.4, 0.5) is 5.82 Å². The fraction of sp³-hybridized carbons (Fsp3) is 0.750. The zero-order valence-corrected chi connectivity index (χ0v) is 14.0. The highest BCUT2D eigenvalue weighted by molar-refractivity contribution is 5.79. The first kappa shape index (κ1) is 16.9. The molecule has 2 fully saturated rings. The van der Waals surface area contributed by atoms with Gasteiger partial charge in [-0.05, 0) is 12.8 Å². The number of nitrogens with zero attached hydrogens (tertiary/aromatic N) is 3. The molecule has 0 aromatic carbocycles. The Morgan fingerprint density at radius 1 is 1.28 bits per heavy atom. The minimum atomic E-state index is -1.17. The summed E-state index contributed by atoms with van der Waals surface area (Å²) in [7, 11) is 0. The van der Waals surface area contributed by atoms with Gasteiger partial charge in [0, 0.05) is 5.92 Å². The Balaban J connectivity index is 1.67. The average Bonchev–Trinajstić information content (AvgIpc) is 3.19. The molecule has 1 aromatic rings. The molecule has 0 spiro atoms. The van der Waals surface area contributed by atoms with Crippen LogP contribution in [0.1, 0.15) is 44.0 Å². The van der Waals surface area contributed by atoms with Crippen LogP contribution in [0, 0.1) is 5.92 Å². The Morgan fingerprint density at radius 2 is 2.04 bits per heavy atom. The number of nitrogens with one attached hydrogen (secondary N) is 1. The topological polar surface area (TPSA) is 138 Å². The van der Waals surface area contributed by atoms with Crippen molar-refractivity contribution < 1.29 is 20.1 Å². The van der Waals surface area contributed by atoms with Gasteiger partial charge in [0.25, 0.3) is 0 Å². The van der Waals surface area contributed by atoms with E-state index in [4.69, 9.17) is 10.5 Å². The minimum absolute atomic E-state index is 0.215. The van der Waals surface area contributed by atoms with Crippen LogP contribution in [0.3, 0.4) is 0 Å². The highest BCUT2D eigenvalue weighted by Crippen LogP contribution is 2.43. The quantitative estimate of drug-likeness (QED) is 0.501. The van der Waals surface area contributed by atoms with Crippen molar-refractivity contribution in [3.63, 3.8) is 0 Å². The first-order valence-electron chi connectivity index (χ1n) is 8.85. The molecule has 0 radical (unpaired) electrons. The number of imidazole rings is 1. The maximum atomic E-state index is 10.3. The summed E-state index contributed by atoms with van der Waals surface area (Å²) in [5.74, 6) is 0.824. The van der Waals surface area contributed by atoms with Crippen LogP contribution < -0.4 is 11.1 Å². The molecule has 0 amide bonds. The van der Waals surface area contributed by atoms with Crippen molar-refractivity contribution in [2.24, 2.45) is 16.6 Å². The number of aliphatic hydroxyl groups excluding tert-OH is 3. The van der Waals surface area contributed by atoms with E-state index in [1.807, 2.05) is 0 Å². The Hall–Kier alpha value is -1.52. The maximum absolute atomic E-state index is 10.3. The molecule has 6 N–H and O–H groups in total. The zero-order chi connectivity index (χ0) is 17.6. The lowest BCUT2D eigenvalue weighted by Gasteiger charge is -2.37. The number of fused-ring (bicyclic) bond motifs is 1. The van der Waals surface area contributed by atoms with Crippen LogP contribution in [-0.4, -0.2) is 56.1 Å². The third kappa shape index (κ3) is 2.58. The van der Waals surface area contributed by atoms with Gasteiger partial charge >= 0.3 is 0 Å². The molecule has 5 atom stereocenters. The van der Waals surface area contributed by atoms with E-state index in [0.717, 1.165) is 25.7 Å². The molecule has 25 heavy (non-hydrogen) atoms. The molecule has 4 rings (SSSR count). The van der Waals surface area contributed by atoms with Gasteiger partial charge in [-0.1, -0.05) is 19.3 Å². The zero-order valence-electron chi connectivity index (χ0n) is 14.0. The highest BCUT2D eigenvalue weighted by Gasteiger charge is 2.47. The van der Waals surface area contributed by atoms with E-state index in [0.29, 0.717) is 11.5 Å². The van der Waals surface area contributed by atoms with Crippen molar-refractivity contribution in [3.8, 4) is 0 Å². The van der Waals surface area contributed by atoms with E-state index in [-0.39, 0.29) is 12.5 Å². The van der Waals surface area contributed by atoms with Gasteiger partial charge in [0.05, 0.1) is 19.3 Å². The molecule has 3 heterocycles. The van der Waals surface area contributed by atoms with Crippen LogP contribution in [-0.2, 0) is 10.4 Å². The van der Waals surface area contributed by atoms with E-state index < -0.39 is 30.2 Å². The van der Waals surface area contributed by atoms with E-state index in [1.54, 1.807) is 10.9 Å². The van der Waals surface area contributed by atoms with Crippen LogP contribution >= 0.6 is 0 Å². The summed E-state index contributed by atoms with van der Waals surface area (Å²) in [5.41, 5.74) is 6.39. The molecule has 9 nitrogen and oxygen atoms in total.